The Bertz CT molecular complexity index is 541. The average molecular weight is 321 g/mol. The van der Waals surface area contributed by atoms with Crippen molar-refractivity contribution in [3.8, 4) is 0 Å². The first-order chi connectivity index (χ1) is 10.5. The Morgan fingerprint density at radius 1 is 1.27 bits per heavy atom. The lowest BCUT2D eigenvalue weighted by molar-refractivity contribution is -0.137. The summed E-state index contributed by atoms with van der Waals surface area (Å²) < 4.78 is 0. The maximum Gasteiger partial charge on any atom is 0.227 e. The molecule has 3 nitrogen and oxygen atoms in total. The molecule has 3 atom stereocenters. The Hall–Kier alpha value is -1.06. The van der Waals surface area contributed by atoms with Crippen LogP contribution in [0.15, 0.2) is 24.3 Å². The van der Waals surface area contributed by atoms with E-state index in [0.29, 0.717) is 5.92 Å². The van der Waals surface area contributed by atoms with Gasteiger partial charge in [-0.05, 0) is 43.9 Å². The number of rotatable bonds is 2. The van der Waals surface area contributed by atoms with Crippen molar-refractivity contribution in [2.45, 2.75) is 50.5 Å². The van der Waals surface area contributed by atoms with Crippen molar-refractivity contribution in [3.05, 3.63) is 34.9 Å². The van der Waals surface area contributed by atoms with Crippen LogP contribution in [0.4, 0.5) is 0 Å². The van der Waals surface area contributed by atoms with Crippen molar-refractivity contribution in [1.82, 2.24) is 4.90 Å². The fourth-order valence-electron chi connectivity index (χ4n) is 3.95. The summed E-state index contributed by atoms with van der Waals surface area (Å²) >= 11 is 5.95. The Morgan fingerprint density at radius 2 is 2.00 bits per heavy atom. The van der Waals surface area contributed by atoms with Crippen LogP contribution in [0, 0.1) is 5.92 Å². The van der Waals surface area contributed by atoms with E-state index in [1.54, 1.807) is 0 Å². The molecule has 2 fully saturated rings. The van der Waals surface area contributed by atoms with E-state index in [1.165, 1.54) is 5.56 Å². The standard InChI is InChI=1S/C18H25ClN2O/c1-18(20)10-3-2-4-16(18)17(22)21-11-9-14(12-21)13-5-7-15(19)8-6-13/h5-8,14,16H,2-4,9-12,20H2,1H3. The number of likely N-dealkylation sites (tertiary alicyclic amines) is 1. The summed E-state index contributed by atoms with van der Waals surface area (Å²) in [4.78, 5) is 14.9. The topological polar surface area (TPSA) is 46.3 Å². The lowest BCUT2D eigenvalue weighted by atomic mass is 9.74. The molecular weight excluding hydrogens is 296 g/mol. The summed E-state index contributed by atoms with van der Waals surface area (Å²) in [5.74, 6) is 0.681. The van der Waals surface area contributed by atoms with Crippen LogP contribution in [0.1, 0.15) is 50.5 Å². The third-order valence-corrected chi connectivity index (χ3v) is 5.65. The molecule has 2 aliphatic rings. The van der Waals surface area contributed by atoms with E-state index in [0.717, 1.165) is 50.2 Å². The molecule has 1 amide bonds. The number of hydrogen-bond acceptors (Lipinski definition) is 2. The second kappa shape index (κ2) is 6.21. The van der Waals surface area contributed by atoms with Crippen molar-refractivity contribution in [3.63, 3.8) is 0 Å². The first kappa shape index (κ1) is 15.8. The highest BCUT2D eigenvalue weighted by atomic mass is 35.5. The van der Waals surface area contributed by atoms with Gasteiger partial charge < -0.3 is 10.6 Å². The number of benzene rings is 1. The van der Waals surface area contributed by atoms with Gasteiger partial charge in [-0.15, -0.1) is 0 Å². The van der Waals surface area contributed by atoms with Crippen LogP contribution in [-0.2, 0) is 4.79 Å². The van der Waals surface area contributed by atoms with Crippen molar-refractivity contribution < 1.29 is 4.79 Å². The summed E-state index contributed by atoms with van der Waals surface area (Å²) in [6.45, 7) is 3.70. The smallest absolute Gasteiger partial charge is 0.227 e. The molecule has 0 aromatic heterocycles. The van der Waals surface area contributed by atoms with Crippen LogP contribution in [0.5, 0.6) is 0 Å². The summed E-state index contributed by atoms with van der Waals surface area (Å²) in [5, 5.41) is 0.760. The average Bonchev–Trinajstić information content (AvgIpc) is 2.97. The minimum atomic E-state index is -0.340. The number of carbonyl (C=O) groups excluding carboxylic acids is 1. The van der Waals surface area contributed by atoms with Crippen LogP contribution in [0.3, 0.4) is 0 Å². The minimum Gasteiger partial charge on any atom is -0.342 e. The molecule has 2 N–H and O–H groups in total. The summed E-state index contributed by atoms with van der Waals surface area (Å²) in [6, 6.07) is 8.02. The van der Waals surface area contributed by atoms with E-state index in [-0.39, 0.29) is 17.4 Å². The fraction of sp³-hybridized carbons (Fsp3) is 0.611. The van der Waals surface area contributed by atoms with Gasteiger partial charge in [0.25, 0.3) is 0 Å². The summed E-state index contributed by atoms with van der Waals surface area (Å²) in [5.41, 5.74) is 7.33. The number of carbonyl (C=O) groups is 1. The maximum atomic E-state index is 12.9. The number of hydrogen-bond donors (Lipinski definition) is 1. The third-order valence-electron chi connectivity index (χ3n) is 5.39. The SMILES string of the molecule is CC1(N)CCCCC1C(=O)N1CCC(c2ccc(Cl)cc2)C1. The molecule has 1 heterocycles. The number of amides is 1. The summed E-state index contributed by atoms with van der Waals surface area (Å²) in [7, 11) is 0. The van der Waals surface area contributed by atoms with Gasteiger partial charge in [-0.2, -0.15) is 0 Å². The maximum absolute atomic E-state index is 12.9. The Balaban J connectivity index is 1.67. The highest BCUT2D eigenvalue weighted by Crippen LogP contribution is 2.35. The van der Waals surface area contributed by atoms with Gasteiger partial charge in [0.1, 0.15) is 0 Å². The van der Waals surface area contributed by atoms with Gasteiger partial charge >= 0.3 is 0 Å². The largest absolute Gasteiger partial charge is 0.342 e. The molecule has 1 saturated carbocycles. The zero-order valence-corrected chi connectivity index (χ0v) is 14.0. The normalized spacial score (nSPS) is 32.2. The third kappa shape index (κ3) is 3.16. The zero-order valence-electron chi connectivity index (χ0n) is 13.2. The van der Waals surface area contributed by atoms with Gasteiger partial charge in [0.05, 0.1) is 5.92 Å². The summed E-state index contributed by atoms with van der Waals surface area (Å²) in [6.07, 6.45) is 5.19. The number of nitrogens with zero attached hydrogens (tertiary/aromatic N) is 1. The van der Waals surface area contributed by atoms with Gasteiger partial charge in [-0.1, -0.05) is 36.6 Å². The van der Waals surface area contributed by atoms with Crippen LogP contribution in [-0.4, -0.2) is 29.4 Å². The van der Waals surface area contributed by atoms with Gasteiger partial charge in [-0.3, -0.25) is 4.79 Å². The molecule has 1 aliphatic carbocycles. The van der Waals surface area contributed by atoms with Crippen LogP contribution >= 0.6 is 11.6 Å². The molecule has 0 bridgehead atoms. The minimum absolute atomic E-state index is 0.00906. The highest BCUT2D eigenvalue weighted by molar-refractivity contribution is 6.30. The van der Waals surface area contributed by atoms with E-state index in [9.17, 15) is 4.79 Å². The molecule has 4 heteroatoms. The first-order valence-electron chi connectivity index (χ1n) is 8.30. The Labute approximate surface area is 137 Å². The molecule has 1 aromatic rings. The molecular formula is C18H25ClN2O. The van der Waals surface area contributed by atoms with Gasteiger partial charge in [0.2, 0.25) is 5.91 Å². The van der Waals surface area contributed by atoms with Crippen molar-refractivity contribution >= 4 is 17.5 Å². The second-order valence-corrected chi connectivity index (χ2v) is 7.56. The lowest BCUT2D eigenvalue weighted by Gasteiger charge is -2.39. The predicted octanol–water partition coefficient (Wildman–Crippen LogP) is 3.56. The van der Waals surface area contributed by atoms with Crippen LogP contribution in [0.2, 0.25) is 5.02 Å². The van der Waals surface area contributed by atoms with Crippen molar-refractivity contribution in [2.75, 3.05) is 13.1 Å². The Kier molecular flexibility index (Phi) is 4.47. The van der Waals surface area contributed by atoms with E-state index in [4.69, 9.17) is 17.3 Å². The van der Waals surface area contributed by atoms with E-state index in [2.05, 4.69) is 12.1 Å². The molecule has 1 saturated heterocycles. The van der Waals surface area contributed by atoms with E-state index in [1.807, 2.05) is 24.0 Å². The molecule has 1 aromatic carbocycles. The Morgan fingerprint density at radius 3 is 2.68 bits per heavy atom. The van der Waals surface area contributed by atoms with Crippen LogP contribution in [0.25, 0.3) is 0 Å². The molecule has 1 aliphatic heterocycles. The highest BCUT2D eigenvalue weighted by Gasteiger charge is 2.41. The molecule has 3 rings (SSSR count). The molecule has 22 heavy (non-hydrogen) atoms. The quantitative estimate of drug-likeness (QED) is 0.905. The van der Waals surface area contributed by atoms with E-state index >= 15 is 0 Å². The molecule has 0 radical (unpaired) electrons. The van der Waals surface area contributed by atoms with Gasteiger partial charge in [0.15, 0.2) is 0 Å². The van der Waals surface area contributed by atoms with Gasteiger partial charge in [-0.25, -0.2) is 0 Å². The zero-order chi connectivity index (χ0) is 15.7. The number of nitrogens with two attached hydrogens (primary N) is 1. The molecule has 0 spiro atoms. The second-order valence-electron chi connectivity index (χ2n) is 7.13. The first-order valence-corrected chi connectivity index (χ1v) is 8.68. The van der Waals surface area contributed by atoms with Crippen molar-refractivity contribution in [2.24, 2.45) is 11.7 Å². The molecule has 120 valence electrons. The molecule has 3 unspecified atom stereocenters. The van der Waals surface area contributed by atoms with Crippen molar-refractivity contribution in [1.29, 1.82) is 0 Å². The predicted molar refractivity (Wildman–Crippen MR) is 89.9 cm³/mol. The van der Waals surface area contributed by atoms with E-state index < -0.39 is 0 Å². The number of halogens is 1. The monoisotopic (exact) mass is 320 g/mol. The lowest BCUT2D eigenvalue weighted by Crippen LogP contribution is -2.53. The van der Waals surface area contributed by atoms with Gasteiger partial charge in [0, 0.05) is 29.6 Å². The van der Waals surface area contributed by atoms with Crippen LogP contribution < -0.4 is 5.73 Å². The fourth-order valence-corrected chi connectivity index (χ4v) is 4.08.